The molecule has 4 rings (SSSR count). The number of pyridine rings is 1. The zero-order valence-corrected chi connectivity index (χ0v) is 18.4. The Balaban J connectivity index is 1.64. The largest absolute Gasteiger partial charge is 0.497 e. The first-order valence-electron chi connectivity index (χ1n) is 9.70. The van der Waals surface area contributed by atoms with Crippen molar-refractivity contribution in [1.82, 2.24) is 20.0 Å². The Morgan fingerprint density at radius 2 is 1.94 bits per heavy atom. The van der Waals surface area contributed by atoms with Crippen LogP contribution in [0.15, 0.2) is 42.5 Å². The minimum absolute atomic E-state index is 0.0415. The zero-order chi connectivity index (χ0) is 23.7. The number of primary amides is 1. The highest BCUT2D eigenvalue weighted by Gasteiger charge is 2.20. The summed E-state index contributed by atoms with van der Waals surface area (Å²) in [4.78, 5) is 28.8. The number of methoxy groups -OCH3 is 1. The van der Waals surface area contributed by atoms with Gasteiger partial charge in [-0.25, -0.2) is 14.1 Å². The predicted octanol–water partition coefficient (Wildman–Crippen LogP) is 3.34. The maximum Gasteiger partial charge on any atom is 0.267 e. The van der Waals surface area contributed by atoms with E-state index >= 15 is 0 Å². The molecular formula is C22H18ClFN6O3. The topological polar surface area (TPSA) is 125 Å². The lowest BCUT2D eigenvalue weighted by atomic mass is 10.1. The van der Waals surface area contributed by atoms with E-state index in [4.69, 9.17) is 22.1 Å². The average molecular weight is 469 g/mol. The maximum atomic E-state index is 13.9. The van der Waals surface area contributed by atoms with E-state index in [-0.39, 0.29) is 33.0 Å². The quantitative estimate of drug-likeness (QED) is 0.447. The van der Waals surface area contributed by atoms with Crippen LogP contribution in [0.5, 0.6) is 5.75 Å². The molecule has 0 aliphatic heterocycles. The molecule has 0 aliphatic rings. The van der Waals surface area contributed by atoms with Gasteiger partial charge < -0.3 is 15.8 Å². The number of aromatic nitrogens is 4. The third-order valence-electron chi connectivity index (χ3n) is 5.05. The van der Waals surface area contributed by atoms with Crippen molar-refractivity contribution in [3.63, 3.8) is 0 Å². The molecule has 4 aromatic rings. The van der Waals surface area contributed by atoms with Crippen LogP contribution in [-0.2, 0) is 6.54 Å². The Bertz CT molecular complexity index is 1390. The lowest BCUT2D eigenvalue weighted by Gasteiger charge is -2.10. The van der Waals surface area contributed by atoms with E-state index in [1.54, 1.807) is 18.7 Å². The highest BCUT2D eigenvalue weighted by Crippen LogP contribution is 2.26. The number of halogens is 2. The molecule has 168 valence electrons. The van der Waals surface area contributed by atoms with Crippen molar-refractivity contribution in [3.8, 4) is 5.75 Å². The van der Waals surface area contributed by atoms with E-state index in [1.165, 1.54) is 12.1 Å². The number of nitrogens with zero attached hydrogens (tertiary/aromatic N) is 4. The summed E-state index contributed by atoms with van der Waals surface area (Å²) in [6, 6.07) is 11.0. The lowest BCUT2D eigenvalue weighted by molar-refractivity contribution is 0.0996. The molecule has 2 aromatic carbocycles. The van der Waals surface area contributed by atoms with Crippen LogP contribution in [0.3, 0.4) is 0 Å². The Hall–Kier alpha value is -4.05. The zero-order valence-electron chi connectivity index (χ0n) is 17.6. The van der Waals surface area contributed by atoms with Crippen molar-refractivity contribution >= 4 is 40.1 Å². The van der Waals surface area contributed by atoms with Crippen LogP contribution < -0.4 is 15.8 Å². The Morgan fingerprint density at radius 1 is 1.21 bits per heavy atom. The van der Waals surface area contributed by atoms with Gasteiger partial charge in [0.2, 0.25) is 0 Å². The van der Waals surface area contributed by atoms with E-state index in [9.17, 15) is 14.0 Å². The Morgan fingerprint density at radius 3 is 2.61 bits per heavy atom. The second-order valence-electron chi connectivity index (χ2n) is 7.19. The van der Waals surface area contributed by atoms with Crippen LogP contribution in [-0.4, -0.2) is 38.9 Å². The second kappa shape index (κ2) is 8.83. The van der Waals surface area contributed by atoms with Crippen molar-refractivity contribution < 1.29 is 18.7 Å². The molecule has 2 amide bonds. The second-order valence-corrected chi connectivity index (χ2v) is 7.59. The fourth-order valence-corrected chi connectivity index (χ4v) is 3.40. The van der Waals surface area contributed by atoms with Gasteiger partial charge in [0.1, 0.15) is 17.3 Å². The Kier molecular flexibility index (Phi) is 5.93. The van der Waals surface area contributed by atoms with Crippen molar-refractivity contribution in [2.45, 2.75) is 13.5 Å². The molecule has 2 aromatic heterocycles. The summed E-state index contributed by atoms with van der Waals surface area (Å²) in [6.45, 7) is 2.18. The predicted molar refractivity (Wildman–Crippen MR) is 120 cm³/mol. The van der Waals surface area contributed by atoms with E-state index in [1.807, 2.05) is 24.3 Å². The van der Waals surface area contributed by atoms with Crippen LogP contribution in [0.2, 0.25) is 5.02 Å². The van der Waals surface area contributed by atoms with Gasteiger partial charge in [-0.2, -0.15) is 0 Å². The number of rotatable bonds is 6. The number of amides is 2. The minimum atomic E-state index is -0.858. The molecule has 0 atom stereocenters. The summed E-state index contributed by atoms with van der Waals surface area (Å²) >= 11 is 5.89. The normalized spacial score (nSPS) is 10.9. The van der Waals surface area contributed by atoms with Crippen LogP contribution in [0.1, 0.15) is 32.1 Å². The van der Waals surface area contributed by atoms with E-state index in [0.717, 1.165) is 17.4 Å². The molecule has 33 heavy (non-hydrogen) atoms. The number of anilines is 1. The van der Waals surface area contributed by atoms with Gasteiger partial charge in [0.25, 0.3) is 11.8 Å². The molecule has 0 saturated carbocycles. The number of hydrogen-bond acceptors (Lipinski definition) is 6. The van der Waals surface area contributed by atoms with Crippen LogP contribution in [0, 0.1) is 12.7 Å². The fourth-order valence-electron chi connectivity index (χ4n) is 3.24. The molecule has 0 bridgehead atoms. The molecule has 0 saturated heterocycles. The average Bonchev–Trinajstić information content (AvgIpc) is 3.13. The molecule has 3 N–H and O–H groups in total. The van der Waals surface area contributed by atoms with E-state index in [2.05, 4.69) is 20.6 Å². The highest BCUT2D eigenvalue weighted by molar-refractivity contribution is 6.31. The van der Waals surface area contributed by atoms with Gasteiger partial charge in [-0.05, 0) is 36.8 Å². The summed E-state index contributed by atoms with van der Waals surface area (Å²) in [7, 11) is 1.59. The molecule has 0 fully saturated rings. The van der Waals surface area contributed by atoms with Crippen molar-refractivity contribution in [2.75, 3.05) is 12.4 Å². The van der Waals surface area contributed by atoms with Gasteiger partial charge in [-0.3, -0.25) is 9.59 Å². The highest BCUT2D eigenvalue weighted by atomic mass is 35.5. The molecule has 2 heterocycles. The molecule has 0 unspecified atom stereocenters. The minimum Gasteiger partial charge on any atom is -0.497 e. The first-order chi connectivity index (χ1) is 15.8. The molecule has 11 heteroatoms. The number of ether oxygens (including phenoxy) is 1. The van der Waals surface area contributed by atoms with E-state index < -0.39 is 17.6 Å². The van der Waals surface area contributed by atoms with Crippen molar-refractivity contribution in [3.05, 3.63) is 75.8 Å². The third kappa shape index (κ3) is 4.46. The molecule has 0 spiro atoms. The molecule has 0 aliphatic carbocycles. The molecule has 9 nitrogen and oxygen atoms in total. The van der Waals surface area contributed by atoms with Gasteiger partial charge in [0.15, 0.2) is 5.82 Å². The van der Waals surface area contributed by atoms with Crippen LogP contribution >= 0.6 is 11.6 Å². The SMILES string of the molecule is COc1ccc(Cn2nnc(NC(=O)c3cc(C(N)=O)nc4cc(F)c(Cl)cc34)c2C)cc1. The van der Waals surface area contributed by atoms with Gasteiger partial charge >= 0.3 is 0 Å². The lowest BCUT2D eigenvalue weighted by Crippen LogP contribution is -2.18. The molecular weight excluding hydrogens is 451 g/mol. The number of fused-ring (bicyclic) bond motifs is 1. The number of carbonyl (C=O) groups excluding carboxylic acids is 2. The Labute approximate surface area is 192 Å². The number of nitrogens with two attached hydrogens (primary N) is 1. The summed E-state index contributed by atoms with van der Waals surface area (Å²) in [5, 5.41) is 10.9. The van der Waals surface area contributed by atoms with Gasteiger partial charge in [-0.1, -0.05) is 28.9 Å². The first kappa shape index (κ1) is 22.2. The number of benzene rings is 2. The third-order valence-corrected chi connectivity index (χ3v) is 5.34. The van der Waals surface area contributed by atoms with E-state index in [0.29, 0.717) is 12.2 Å². The summed E-state index contributed by atoms with van der Waals surface area (Å²) < 4.78 is 20.7. The first-order valence-corrected chi connectivity index (χ1v) is 10.1. The number of carbonyl (C=O) groups is 2. The number of hydrogen-bond donors (Lipinski definition) is 2. The van der Waals surface area contributed by atoms with Crippen LogP contribution in [0.25, 0.3) is 10.9 Å². The summed E-state index contributed by atoms with van der Waals surface area (Å²) in [5.74, 6) is -1.23. The van der Waals surface area contributed by atoms with Crippen LogP contribution in [0.4, 0.5) is 10.2 Å². The van der Waals surface area contributed by atoms with Gasteiger partial charge in [0, 0.05) is 11.5 Å². The van der Waals surface area contributed by atoms with Crippen molar-refractivity contribution in [1.29, 1.82) is 0 Å². The summed E-state index contributed by atoms with van der Waals surface area (Å²) in [5.41, 5.74) is 6.82. The van der Waals surface area contributed by atoms with Gasteiger partial charge in [-0.15, -0.1) is 5.10 Å². The number of nitrogens with one attached hydrogen (secondary N) is 1. The monoisotopic (exact) mass is 468 g/mol. The standard InChI is InChI=1S/C22H18ClFN6O3/c1-11-21(28-29-30(11)10-12-3-5-13(33-2)6-4-12)27-22(32)15-8-19(20(25)31)26-18-9-17(24)16(23)7-14(15)18/h3-9H,10H2,1-2H3,(H2,25,31)(H,27,32). The maximum absolute atomic E-state index is 13.9. The summed E-state index contributed by atoms with van der Waals surface area (Å²) in [6.07, 6.45) is 0. The smallest absolute Gasteiger partial charge is 0.267 e. The fraction of sp³-hybridized carbons (Fsp3) is 0.136. The molecule has 0 radical (unpaired) electrons. The van der Waals surface area contributed by atoms with Gasteiger partial charge in [0.05, 0.1) is 35.5 Å². The van der Waals surface area contributed by atoms with Crippen molar-refractivity contribution in [2.24, 2.45) is 5.73 Å².